The Morgan fingerprint density at radius 2 is 1.55 bits per heavy atom. The molecule has 2 aromatic heterocycles. The first-order chi connectivity index (χ1) is 30.0. The van der Waals surface area contributed by atoms with Gasteiger partial charge in [-0.05, 0) is 100 Å². The first kappa shape index (κ1) is 41.7. The van der Waals surface area contributed by atoms with Crippen molar-refractivity contribution in [2.24, 2.45) is 11.8 Å². The fourth-order valence-electron chi connectivity index (χ4n) is 9.37. The fraction of sp³-hybridized carbons (Fsp3) is 0.465. The second-order valence-corrected chi connectivity index (χ2v) is 17.8. The molecular formula is C43H47Cl2N11O6. The number of nitrogens with zero attached hydrogens (tertiary/aromatic N) is 7. The second-order valence-electron chi connectivity index (χ2n) is 16.9. The van der Waals surface area contributed by atoms with E-state index in [4.69, 9.17) is 23.2 Å². The summed E-state index contributed by atoms with van der Waals surface area (Å²) in [6.45, 7) is 5.27. The van der Waals surface area contributed by atoms with Gasteiger partial charge >= 0.3 is 0 Å². The van der Waals surface area contributed by atoms with Gasteiger partial charge in [-0.1, -0.05) is 29.3 Å². The van der Waals surface area contributed by atoms with Gasteiger partial charge in [0.05, 0.1) is 39.6 Å². The van der Waals surface area contributed by atoms with Crippen LogP contribution in [0.3, 0.4) is 0 Å². The van der Waals surface area contributed by atoms with Gasteiger partial charge in [-0.15, -0.1) is 0 Å². The molecule has 19 heteroatoms. The Morgan fingerprint density at radius 3 is 2.29 bits per heavy atom. The summed E-state index contributed by atoms with van der Waals surface area (Å²) in [5, 5.41) is 12.6. The van der Waals surface area contributed by atoms with Crippen molar-refractivity contribution in [1.29, 1.82) is 0 Å². The number of amides is 6. The minimum atomic E-state index is -1.03. The van der Waals surface area contributed by atoms with Crippen molar-refractivity contribution < 1.29 is 28.8 Å². The molecule has 6 heterocycles. The lowest BCUT2D eigenvalue weighted by molar-refractivity contribution is -0.136. The summed E-state index contributed by atoms with van der Waals surface area (Å²) in [5.41, 5.74) is 2.69. The summed E-state index contributed by atoms with van der Waals surface area (Å²) >= 11 is 12.5. The van der Waals surface area contributed by atoms with Crippen LogP contribution in [0, 0.1) is 11.8 Å². The number of imide groups is 2. The van der Waals surface area contributed by atoms with Gasteiger partial charge in [-0.3, -0.25) is 39.0 Å². The number of fused-ring (bicyclic) bond motifs is 2. The Hall–Kier alpha value is -5.65. The molecule has 4 aliphatic heterocycles. The number of aromatic nitrogens is 4. The zero-order chi connectivity index (χ0) is 43.1. The molecule has 62 heavy (non-hydrogen) atoms. The molecule has 9 rings (SSSR count). The summed E-state index contributed by atoms with van der Waals surface area (Å²) in [6.07, 6.45) is 9.01. The van der Waals surface area contributed by atoms with Gasteiger partial charge in [0, 0.05) is 50.4 Å². The summed E-state index contributed by atoms with van der Waals surface area (Å²) < 4.78 is 2.06. The Bertz CT molecular complexity index is 2420. The minimum Gasteiger partial charge on any atom is -0.376 e. The number of halogens is 2. The van der Waals surface area contributed by atoms with E-state index in [0.717, 1.165) is 86.6 Å². The van der Waals surface area contributed by atoms with Crippen molar-refractivity contribution in [1.82, 2.24) is 44.9 Å². The highest BCUT2D eigenvalue weighted by molar-refractivity contribution is 6.39. The molecule has 5 aliphatic rings. The van der Waals surface area contributed by atoms with E-state index in [1.54, 1.807) is 43.0 Å². The lowest BCUT2D eigenvalue weighted by Gasteiger charge is -2.37. The van der Waals surface area contributed by atoms with Gasteiger partial charge in [0.25, 0.3) is 17.7 Å². The molecule has 0 bridgehead atoms. The average molecular weight is 885 g/mol. The maximum atomic E-state index is 13.2. The van der Waals surface area contributed by atoms with Crippen LogP contribution in [0.2, 0.25) is 10.0 Å². The van der Waals surface area contributed by atoms with E-state index in [1.807, 2.05) is 4.90 Å². The quantitative estimate of drug-likeness (QED) is 0.148. The van der Waals surface area contributed by atoms with Gasteiger partial charge in [0.2, 0.25) is 17.7 Å². The average Bonchev–Trinajstić information content (AvgIpc) is 3.78. The Balaban J connectivity index is 0.683. The maximum absolute atomic E-state index is 13.2. The maximum Gasteiger partial charge on any atom is 0.262 e. The third-order valence-corrected chi connectivity index (χ3v) is 13.7. The number of piperidine rings is 3. The number of likely N-dealkylation sites (tertiary alicyclic amines) is 2. The van der Waals surface area contributed by atoms with Crippen LogP contribution in [0.1, 0.15) is 88.5 Å². The molecule has 1 aliphatic carbocycles. The number of hydrogen-bond donors (Lipinski definition) is 4. The lowest BCUT2D eigenvalue weighted by atomic mass is 9.86. The van der Waals surface area contributed by atoms with Crippen LogP contribution in [0.5, 0.6) is 0 Å². The number of carbonyl (C=O) groups is 6. The van der Waals surface area contributed by atoms with Crippen molar-refractivity contribution in [3.8, 4) is 0 Å². The molecule has 0 radical (unpaired) electrons. The third kappa shape index (κ3) is 8.44. The molecular weight excluding hydrogens is 837 g/mol. The zero-order valence-corrected chi connectivity index (χ0v) is 35.5. The normalized spacial score (nSPS) is 22.4. The molecule has 6 amide bonds. The smallest absolute Gasteiger partial charge is 0.262 e. The molecule has 4 N–H and O–H groups in total. The fourth-order valence-corrected chi connectivity index (χ4v) is 9.94. The van der Waals surface area contributed by atoms with Crippen LogP contribution in [0.15, 0.2) is 49.1 Å². The molecule has 17 nitrogen and oxygen atoms in total. The molecule has 2 aromatic carbocycles. The first-order valence-corrected chi connectivity index (χ1v) is 22.0. The summed E-state index contributed by atoms with van der Waals surface area (Å²) in [7, 11) is 0. The van der Waals surface area contributed by atoms with Crippen LogP contribution in [0.25, 0.3) is 11.2 Å². The first-order valence-electron chi connectivity index (χ1n) is 21.3. The highest BCUT2D eigenvalue weighted by Gasteiger charge is 2.45. The molecule has 1 saturated carbocycles. The molecule has 4 aromatic rings. The van der Waals surface area contributed by atoms with E-state index in [2.05, 4.69) is 45.7 Å². The standard InChI is InChI=1S/C43H47Cl2N11O6/c44-31-2-1-3-32(45)36(31)41(60)51-27-16-28(17-27)55-23-50-37-38(48-22-49-39(37)55)47-19-24-8-12-53(13-9-24)21-25-10-14-54(15-11-25)35(58)20-46-26-4-5-29-30(18-26)43(62)56(42(29)61)33-6-7-34(57)52-40(33)59/h1-5,18,22-25,27-28,33,46H,6-17,19-21H2,(H,51,60)(H,47,48,49)(H,52,57,59)/t27?,28?,33-/m0/s1. The number of rotatable bonds is 12. The number of carbonyl (C=O) groups excluding carboxylic acids is 6. The SMILES string of the molecule is O=C1CC[C@H](N2C(=O)c3ccc(NCC(=O)N4CCC(CN5CCC(CNc6ncnc7c6ncn7C6CC(NC(=O)c7c(Cl)cccc7Cl)C6)CC5)CC4)cc3C2=O)C(=O)N1. The Morgan fingerprint density at radius 1 is 0.823 bits per heavy atom. The van der Waals surface area contributed by atoms with Crippen molar-refractivity contribution in [3.05, 3.63) is 75.8 Å². The van der Waals surface area contributed by atoms with E-state index in [9.17, 15) is 28.8 Å². The molecule has 4 fully saturated rings. The molecule has 0 unspecified atom stereocenters. The highest BCUT2D eigenvalue weighted by atomic mass is 35.5. The minimum absolute atomic E-state index is 0.00699. The highest BCUT2D eigenvalue weighted by Crippen LogP contribution is 2.36. The van der Waals surface area contributed by atoms with Crippen molar-refractivity contribution in [2.45, 2.75) is 69.5 Å². The van der Waals surface area contributed by atoms with Gasteiger partial charge in [-0.2, -0.15) is 0 Å². The van der Waals surface area contributed by atoms with Crippen LogP contribution >= 0.6 is 23.2 Å². The van der Waals surface area contributed by atoms with E-state index < -0.39 is 29.7 Å². The van der Waals surface area contributed by atoms with Gasteiger partial charge in [-0.25, -0.2) is 15.0 Å². The van der Waals surface area contributed by atoms with Crippen LogP contribution < -0.4 is 21.3 Å². The van der Waals surface area contributed by atoms with Crippen LogP contribution in [-0.2, 0) is 14.4 Å². The molecule has 1 atom stereocenters. The van der Waals surface area contributed by atoms with E-state index in [1.165, 1.54) is 6.07 Å². The van der Waals surface area contributed by atoms with Gasteiger partial charge in [0.1, 0.15) is 17.9 Å². The second kappa shape index (κ2) is 17.6. The Labute approximate surface area is 367 Å². The number of hydrogen-bond acceptors (Lipinski definition) is 12. The monoisotopic (exact) mass is 883 g/mol. The third-order valence-electron chi connectivity index (χ3n) is 13.0. The molecule has 0 spiro atoms. The lowest BCUT2D eigenvalue weighted by Crippen LogP contribution is -2.54. The van der Waals surface area contributed by atoms with Crippen molar-refractivity contribution in [3.63, 3.8) is 0 Å². The summed E-state index contributed by atoms with van der Waals surface area (Å²) in [4.78, 5) is 95.3. The number of imidazole rings is 1. The molecule has 3 saturated heterocycles. The Kier molecular flexibility index (Phi) is 11.8. The number of anilines is 2. The number of nitrogens with one attached hydrogen (secondary N) is 4. The van der Waals surface area contributed by atoms with Gasteiger partial charge < -0.3 is 30.3 Å². The van der Waals surface area contributed by atoms with Crippen molar-refractivity contribution >= 4 is 81.3 Å². The van der Waals surface area contributed by atoms with E-state index in [0.29, 0.717) is 46.2 Å². The van der Waals surface area contributed by atoms with E-state index >= 15 is 0 Å². The predicted molar refractivity (Wildman–Crippen MR) is 230 cm³/mol. The number of benzene rings is 2. The molecule has 324 valence electrons. The van der Waals surface area contributed by atoms with E-state index in [-0.39, 0.29) is 54.4 Å². The predicted octanol–water partition coefficient (Wildman–Crippen LogP) is 4.14. The van der Waals surface area contributed by atoms with Crippen LogP contribution in [-0.4, -0.2) is 128 Å². The largest absolute Gasteiger partial charge is 0.376 e. The van der Waals surface area contributed by atoms with Crippen LogP contribution in [0.4, 0.5) is 11.5 Å². The topological polar surface area (TPSA) is 204 Å². The van der Waals surface area contributed by atoms with Gasteiger partial charge in [0.15, 0.2) is 11.5 Å². The zero-order valence-electron chi connectivity index (χ0n) is 33.9. The van der Waals surface area contributed by atoms with Crippen molar-refractivity contribution in [2.75, 3.05) is 56.4 Å². The summed E-state index contributed by atoms with van der Waals surface area (Å²) in [5.74, 6) is -0.798. The summed E-state index contributed by atoms with van der Waals surface area (Å²) in [6, 6.07) is 8.86.